The summed E-state index contributed by atoms with van der Waals surface area (Å²) in [5.41, 5.74) is 1.75. The molecule has 0 amide bonds. The largest absolute Gasteiger partial charge is 0.478 e. The van der Waals surface area contributed by atoms with Gasteiger partial charge in [0.25, 0.3) is 0 Å². The van der Waals surface area contributed by atoms with Gasteiger partial charge in [-0.3, -0.25) is 0 Å². The molecule has 21 heavy (non-hydrogen) atoms. The fourth-order valence-corrected chi connectivity index (χ4v) is 2.24. The van der Waals surface area contributed by atoms with E-state index in [1.54, 1.807) is 30.3 Å². The minimum atomic E-state index is -1.04. The molecule has 0 aliphatic carbocycles. The standard InChI is InChI=1S/C16H14Cl2O3/c1-10-5-6-11(7-14(10)18)8-15(16(19)20)21-13-4-2-3-12(17)9-13/h2-7,9,15H,8H2,1H3,(H,19,20)/t15-/m1/s1. The molecule has 1 N–H and O–H groups in total. The zero-order chi connectivity index (χ0) is 15.4. The number of aliphatic carboxylic acids is 1. The molecular formula is C16H14Cl2O3. The Morgan fingerprint density at radius 2 is 2.00 bits per heavy atom. The van der Waals surface area contributed by atoms with Gasteiger partial charge in [-0.25, -0.2) is 4.79 Å². The summed E-state index contributed by atoms with van der Waals surface area (Å²) in [5.74, 6) is -0.611. The molecule has 0 spiro atoms. The average molecular weight is 325 g/mol. The first-order chi connectivity index (χ1) is 9.95. The van der Waals surface area contributed by atoms with Gasteiger partial charge >= 0.3 is 5.97 Å². The van der Waals surface area contributed by atoms with Crippen molar-refractivity contribution in [3.63, 3.8) is 0 Å². The molecule has 2 rings (SSSR count). The molecule has 0 fully saturated rings. The van der Waals surface area contributed by atoms with Crippen molar-refractivity contribution in [1.82, 2.24) is 0 Å². The van der Waals surface area contributed by atoms with Crippen molar-refractivity contribution in [3.8, 4) is 5.75 Å². The van der Waals surface area contributed by atoms with E-state index < -0.39 is 12.1 Å². The first kappa shape index (κ1) is 15.7. The average Bonchev–Trinajstić information content (AvgIpc) is 2.42. The van der Waals surface area contributed by atoms with E-state index in [-0.39, 0.29) is 6.42 Å². The van der Waals surface area contributed by atoms with Crippen LogP contribution in [0.25, 0.3) is 0 Å². The summed E-state index contributed by atoms with van der Waals surface area (Å²) in [4.78, 5) is 11.4. The van der Waals surface area contributed by atoms with Crippen molar-refractivity contribution in [2.75, 3.05) is 0 Å². The summed E-state index contributed by atoms with van der Waals surface area (Å²) in [5, 5.41) is 10.4. The molecule has 2 aromatic carbocycles. The molecule has 0 saturated heterocycles. The normalized spacial score (nSPS) is 12.0. The van der Waals surface area contributed by atoms with Crippen molar-refractivity contribution in [1.29, 1.82) is 0 Å². The van der Waals surface area contributed by atoms with Crippen LogP contribution in [0.4, 0.5) is 0 Å². The lowest BCUT2D eigenvalue weighted by atomic mass is 10.1. The van der Waals surface area contributed by atoms with Gasteiger partial charge in [0.15, 0.2) is 6.10 Å². The Labute approximate surface area is 133 Å². The summed E-state index contributed by atoms with van der Waals surface area (Å²) in [6.45, 7) is 1.89. The van der Waals surface area contributed by atoms with Gasteiger partial charge in [-0.15, -0.1) is 0 Å². The van der Waals surface area contributed by atoms with E-state index in [9.17, 15) is 9.90 Å². The van der Waals surface area contributed by atoms with Crippen LogP contribution < -0.4 is 4.74 Å². The Morgan fingerprint density at radius 3 is 2.62 bits per heavy atom. The predicted octanol–water partition coefficient (Wildman–Crippen LogP) is 4.38. The van der Waals surface area contributed by atoms with Gasteiger partial charge in [0.1, 0.15) is 5.75 Å². The van der Waals surface area contributed by atoms with E-state index in [1.165, 1.54) is 0 Å². The minimum absolute atomic E-state index is 0.224. The van der Waals surface area contributed by atoms with E-state index in [0.29, 0.717) is 15.8 Å². The highest BCUT2D eigenvalue weighted by Gasteiger charge is 2.20. The highest BCUT2D eigenvalue weighted by atomic mass is 35.5. The number of aryl methyl sites for hydroxylation is 1. The Kier molecular flexibility index (Phi) is 5.10. The summed E-state index contributed by atoms with van der Waals surface area (Å²) in [6, 6.07) is 12.1. The van der Waals surface area contributed by atoms with E-state index in [2.05, 4.69) is 0 Å². The monoisotopic (exact) mass is 324 g/mol. The maximum Gasteiger partial charge on any atom is 0.345 e. The summed E-state index contributed by atoms with van der Waals surface area (Å²) in [7, 11) is 0. The molecule has 1 atom stereocenters. The molecule has 110 valence electrons. The number of benzene rings is 2. The number of halogens is 2. The van der Waals surface area contributed by atoms with Crippen LogP contribution in [-0.4, -0.2) is 17.2 Å². The second-order valence-electron chi connectivity index (χ2n) is 4.69. The van der Waals surface area contributed by atoms with Crippen molar-refractivity contribution in [2.45, 2.75) is 19.4 Å². The van der Waals surface area contributed by atoms with Crippen LogP contribution in [0.3, 0.4) is 0 Å². The lowest BCUT2D eigenvalue weighted by molar-refractivity contribution is -0.145. The van der Waals surface area contributed by atoms with Gasteiger partial charge in [0.2, 0.25) is 0 Å². The molecule has 0 aromatic heterocycles. The number of carbonyl (C=O) groups is 1. The Morgan fingerprint density at radius 1 is 1.24 bits per heavy atom. The number of carboxylic acid groups (broad SMARTS) is 1. The van der Waals surface area contributed by atoms with Gasteiger partial charge in [-0.2, -0.15) is 0 Å². The topological polar surface area (TPSA) is 46.5 Å². The molecule has 3 nitrogen and oxygen atoms in total. The van der Waals surface area contributed by atoms with Crippen molar-refractivity contribution < 1.29 is 14.6 Å². The van der Waals surface area contributed by atoms with Crippen LogP contribution in [0.2, 0.25) is 10.0 Å². The molecule has 2 aromatic rings. The maximum atomic E-state index is 11.4. The number of hydrogen-bond acceptors (Lipinski definition) is 2. The third-order valence-corrected chi connectivity index (χ3v) is 3.65. The quantitative estimate of drug-likeness (QED) is 0.887. The molecule has 0 radical (unpaired) electrons. The SMILES string of the molecule is Cc1ccc(C[C@@H](Oc2cccc(Cl)c2)C(=O)O)cc1Cl. The summed E-state index contributed by atoms with van der Waals surface area (Å²) >= 11 is 11.9. The van der Waals surface area contributed by atoms with E-state index in [1.807, 2.05) is 19.1 Å². The second kappa shape index (κ2) is 6.83. The van der Waals surface area contributed by atoms with E-state index in [4.69, 9.17) is 27.9 Å². The summed E-state index contributed by atoms with van der Waals surface area (Å²) < 4.78 is 5.50. The third kappa shape index (κ3) is 4.38. The first-order valence-corrected chi connectivity index (χ1v) is 7.11. The molecule has 0 unspecified atom stereocenters. The van der Waals surface area contributed by atoms with Crippen LogP contribution in [-0.2, 0) is 11.2 Å². The van der Waals surface area contributed by atoms with Crippen LogP contribution >= 0.6 is 23.2 Å². The molecule has 5 heteroatoms. The lowest BCUT2D eigenvalue weighted by Crippen LogP contribution is -2.29. The molecule has 0 saturated carbocycles. The van der Waals surface area contributed by atoms with Crippen LogP contribution in [0.5, 0.6) is 5.75 Å². The highest BCUT2D eigenvalue weighted by Crippen LogP contribution is 2.21. The van der Waals surface area contributed by atoms with Gasteiger partial charge in [-0.05, 0) is 42.3 Å². The van der Waals surface area contributed by atoms with Crippen molar-refractivity contribution in [3.05, 3.63) is 63.6 Å². The highest BCUT2D eigenvalue weighted by molar-refractivity contribution is 6.31. The summed E-state index contributed by atoms with van der Waals surface area (Å²) in [6.07, 6.45) is -0.774. The number of ether oxygens (including phenoxy) is 1. The van der Waals surface area contributed by atoms with E-state index >= 15 is 0 Å². The van der Waals surface area contributed by atoms with Gasteiger partial charge in [0, 0.05) is 16.5 Å². The fourth-order valence-electron chi connectivity index (χ4n) is 1.86. The zero-order valence-electron chi connectivity index (χ0n) is 11.3. The molecular weight excluding hydrogens is 311 g/mol. The van der Waals surface area contributed by atoms with E-state index in [0.717, 1.165) is 11.1 Å². The second-order valence-corrected chi connectivity index (χ2v) is 5.53. The van der Waals surface area contributed by atoms with Crippen LogP contribution in [0.1, 0.15) is 11.1 Å². The maximum absolute atomic E-state index is 11.4. The third-order valence-electron chi connectivity index (χ3n) is 3.01. The lowest BCUT2D eigenvalue weighted by Gasteiger charge is -2.16. The predicted molar refractivity (Wildman–Crippen MR) is 83.4 cm³/mol. The van der Waals surface area contributed by atoms with Crippen LogP contribution in [0, 0.1) is 6.92 Å². The molecule has 0 aliphatic rings. The molecule has 0 bridgehead atoms. The zero-order valence-corrected chi connectivity index (χ0v) is 12.9. The Bertz CT molecular complexity index is 656. The first-order valence-electron chi connectivity index (χ1n) is 6.36. The Hall–Kier alpha value is -1.71. The van der Waals surface area contributed by atoms with Crippen LogP contribution in [0.15, 0.2) is 42.5 Å². The van der Waals surface area contributed by atoms with Gasteiger partial charge < -0.3 is 9.84 Å². The Balaban J connectivity index is 2.15. The molecule has 0 heterocycles. The smallest absolute Gasteiger partial charge is 0.345 e. The van der Waals surface area contributed by atoms with Crippen molar-refractivity contribution >= 4 is 29.2 Å². The van der Waals surface area contributed by atoms with Gasteiger partial charge in [-0.1, -0.05) is 41.4 Å². The fraction of sp³-hybridized carbons (Fsp3) is 0.188. The van der Waals surface area contributed by atoms with Gasteiger partial charge in [0.05, 0.1) is 0 Å². The van der Waals surface area contributed by atoms with Crippen molar-refractivity contribution in [2.24, 2.45) is 0 Å². The molecule has 0 aliphatic heterocycles. The minimum Gasteiger partial charge on any atom is -0.478 e. The number of carboxylic acids is 1. The number of rotatable bonds is 5. The number of hydrogen-bond donors (Lipinski definition) is 1.